The van der Waals surface area contributed by atoms with Crippen molar-refractivity contribution in [3.8, 4) is 0 Å². The van der Waals surface area contributed by atoms with Crippen LogP contribution in [0.2, 0.25) is 0 Å². The number of unbranched alkanes of at least 4 members (excludes halogenated alkanes) is 42. The van der Waals surface area contributed by atoms with Crippen LogP contribution in [0, 0.1) is 5.92 Å². The second-order valence-corrected chi connectivity index (χ2v) is 29.7. The highest BCUT2D eigenvalue weighted by Gasteiger charge is 2.30. The van der Waals surface area contributed by atoms with Crippen LogP contribution in [-0.4, -0.2) is 96.7 Å². The zero-order chi connectivity index (χ0) is 69.1. The van der Waals surface area contributed by atoms with E-state index in [0.717, 1.165) is 109 Å². The van der Waals surface area contributed by atoms with Crippen molar-refractivity contribution in [1.29, 1.82) is 0 Å². The number of hydrogen-bond acceptors (Lipinski definition) is 15. The van der Waals surface area contributed by atoms with Gasteiger partial charge in [-0.2, -0.15) is 0 Å². The average Bonchev–Trinajstić information content (AvgIpc) is 1.35. The van der Waals surface area contributed by atoms with Crippen LogP contribution in [0.3, 0.4) is 0 Å². The molecule has 0 aromatic carbocycles. The topological polar surface area (TPSA) is 237 Å². The van der Waals surface area contributed by atoms with Crippen molar-refractivity contribution in [2.45, 2.75) is 387 Å². The first-order chi connectivity index (χ1) is 45.5. The van der Waals surface area contributed by atoms with Crippen molar-refractivity contribution in [3.05, 3.63) is 24.3 Å². The summed E-state index contributed by atoms with van der Waals surface area (Å²) in [5.74, 6) is -1.47. The van der Waals surface area contributed by atoms with E-state index < -0.39 is 97.5 Å². The maximum atomic E-state index is 13.1. The molecule has 0 aromatic rings. The van der Waals surface area contributed by atoms with Crippen LogP contribution in [0.4, 0.5) is 0 Å². The van der Waals surface area contributed by atoms with Crippen molar-refractivity contribution in [2.24, 2.45) is 5.92 Å². The fourth-order valence-electron chi connectivity index (χ4n) is 11.0. The molecule has 0 bridgehead atoms. The van der Waals surface area contributed by atoms with Crippen LogP contribution < -0.4 is 0 Å². The van der Waals surface area contributed by atoms with E-state index in [1.54, 1.807) is 0 Å². The lowest BCUT2D eigenvalue weighted by Gasteiger charge is -2.21. The number of aliphatic hydroxyl groups is 1. The van der Waals surface area contributed by atoms with E-state index in [4.69, 9.17) is 37.0 Å². The minimum absolute atomic E-state index is 0.0856. The zero-order valence-corrected chi connectivity index (χ0v) is 62.4. The molecule has 0 saturated heterocycles. The number of esters is 4. The molecule has 0 rings (SSSR count). The molecule has 554 valence electrons. The molecule has 17 nitrogen and oxygen atoms in total. The van der Waals surface area contributed by atoms with Gasteiger partial charge in [-0.1, -0.05) is 316 Å². The fourth-order valence-corrected chi connectivity index (χ4v) is 12.6. The molecule has 0 aliphatic carbocycles. The van der Waals surface area contributed by atoms with Gasteiger partial charge in [0, 0.05) is 25.7 Å². The summed E-state index contributed by atoms with van der Waals surface area (Å²) in [6.07, 6.45) is 59.1. The lowest BCUT2D eigenvalue weighted by molar-refractivity contribution is -0.161. The van der Waals surface area contributed by atoms with Crippen LogP contribution in [0.15, 0.2) is 24.3 Å². The average molecular weight is 1380 g/mol. The molecule has 0 radical (unpaired) electrons. The van der Waals surface area contributed by atoms with E-state index in [2.05, 4.69) is 58.9 Å². The highest BCUT2D eigenvalue weighted by Crippen LogP contribution is 2.45. The molecule has 0 saturated carbocycles. The van der Waals surface area contributed by atoms with Crippen molar-refractivity contribution in [2.75, 3.05) is 39.6 Å². The van der Waals surface area contributed by atoms with E-state index in [9.17, 15) is 43.2 Å². The fraction of sp³-hybridized carbons (Fsp3) is 0.893. The van der Waals surface area contributed by atoms with Crippen LogP contribution >= 0.6 is 15.6 Å². The van der Waals surface area contributed by atoms with Crippen molar-refractivity contribution >= 4 is 39.5 Å². The van der Waals surface area contributed by atoms with Crippen molar-refractivity contribution < 1.29 is 80.2 Å². The zero-order valence-electron chi connectivity index (χ0n) is 60.6. The Kier molecular flexibility index (Phi) is 65.9. The Morgan fingerprint density at radius 1 is 0.330 bits per heavy atom. The summed E-state index contributed by atoms with van der Waals surface area (Å²) in [4.78, 5) is 72.7. The normalized spacial score (nSPS) is 14.1. The Bertz CT molecular complexity index is 1900. The second kappa shape index (κ2) is 67.7. The molecule has 0 aromatic heterocycles. The van der Waals surface area contributed by atoms with Gasteiger partial charge in [0.1, 0.15) is 19.3 Å². The number of carbonyl (C=O) groups excluding carboxylic acids is 4. The van der Waals surface area contributed by atoms with E-state index in [1.807, 2.05) is 0 Å². The van der Waals surface area contributed by atoms with Crippen molar-refractivity contribution in [1.82, 2.24) is 0 Å². The van der Waals surface area contributed by atoms with Gasteiger partial charge >= 0.3 is 39.5 Å². The van der Waals surface area contributed by atoms with Crippen LogP contribution in [0.5, 0.6) is 0 Å². The minimum atomic E-state index is -4.96. The van der Waals surface area contributed by atoms with E-state index in [0.29, 0.717) is 31.6 Å². The molecule has 94 heavy (non-hydrogen) atoms. The summed E-state index contributed by atoms with van der Waals surface area (Å²) in [5.41, 5.74) is 0. The smallest absolute Gasteiger partial charge is 0.462 e. The van der Waals surface area contributed by atoms with Gasteiger partial charge in [-0.3, -0.25) is 37.3 Å². The molecule has 5 atom stereocenters. The van der Waals surface area contributed by atoms with E-state index in [1.165, 1.54) is 173 Å². The Hall–Kier alpha value is -2.46. The van der Waals surface area contributed by atoms with Gasteiger partial charge in [0.2, 0.25) is 0 Å². The third kappa shape index (κ3) is 68.1. The molecule has 0 aliphatic rings. The largest absolute Gasteiger partial charge is 0.472 e. The molecular formula is C75H142O17P2. The molecule has 3 N–H and O–H groups in total. The highest BCUT2D eigenvalue weighted by atomic mass is 31.2. The minimum Gasteiger partial charge on any atom is -0.462 e. The number of allylic oxidation sites excluding steroid dienone is 4. The third-order valence-electron chi connectivity index (χ3n) is 16.9. The molecule has 0 amide bonds. The van der Waals surface area contributed by atoms with Crippen molar-refractivity contribution in [3.63, 3.8) is 0 Å². The van der Waals surface area contributed by atoms with Crippen LogP contribution in [0.25, 0.3) is 0 Å². The number of phosphoric ester groups is 2. The first kappa shape index (κ1) is 91.5. The lowest BCUT2D eigenvalue weighted by atomic mass is 10.0. The Balaban J connectivity index is 5.27. The molecule has 2 unspecified atom stereocenters. The molecule has 0 fully saturated rings. The van der Waals surface area contributed by atoms with Gasteiger partial charge in [-0.25, -0.2) is 9.13 Å². The number of hydrogen-bond donors (Lipinski definition) is 3. The second-order valence-electron chi connectivity index (χ2n) is 26.8. The van der Waals surface area contributed by atoms with E-state index >= 15 is 0 Å². The predicted molar refractivity (Wildman–Crippen MR) is 381 cm³/mol. The maximum Gasteiger partial charge on any atom is 0.472 e. The first-order valence-corrected chi connectivity index (χ1v) is 41.4. The third-order valence-corrected chi connectivity index (χ3v) is 18.8. The molecule has 0 aliphatic heterocycles. The SMILES string of the molecule is CCCCCC/C=C\C=C/CCCCCCCC(=O)O[C@H](COC(=O)CCCCCCCCCCCCCCCCC)COP(=O)(O)OC[C@@H](O)COP(=O)(O)OC[C@@H](COC(=O)CCCCCCCCC(C)C)OC(=O)CCCCCCCCCCCCCCCCC. The van der Waals surface area contributed by atoms with Gasteiger partial charge < -0.3 is 33.8 Å². The van der Waals surface area contributed by atoms with Gasteiger partial charge in [-0.15, -0.1) is 0 Å². The van der Waals surface area contributed by atoms with Gasteiger partial charge in [0.05, 0.1) is 26.4 Å². The number of phosphoric acid groups is 2. The summed E-state index contributed by atoms with van der Waals surface area (Å²) in [7, 11) is -9.92. The summed E-state index contributed by atoms with van der Waals surface area (Å²) >= 11 is 0. The molecule has 19 heteroatoms. The monoisotopic (exact) mass is 1380 g/mol. The number of aliphatic hydroxyl groups excluding tert-OH is 1. The van der Waals surface area contributed by atoms with Gasteiger partial charge in [0.15, 0.2) is 12.2 Å². The molecule has 0 spiro atoms. The molecule has 0 heterocycles. The lowest BCUT2D eigenvalue weighted by Crippen LogP contribution is -2.30. The standard InChI is InChI=1S/C75H142O17P2/c1-6-9-12-15-18-21-24-27-30-33-36-39-42-48-53-58-72(77)85-64-70(91-74(79)60-55-50-43-40-37-34-31-28-25-22-19-16-13-10-7-2)66-89-93(81,82)87-62-69(76)63-88-94(83,84)90-67-71(65-86-73(78)59-54-49-46-45-47-52-57-68(4)5)92-75(80)61-56-51-44-41-38-35-32-29-26-23-20-17-14-11-8-3/h22,25,28,31,68-71,76H,6-21,23-24,26-27,29-30,32-67H2,1-5H3,(H,81,82)(H,83,84)/b25-22-,31-28-/t69-,70-,71-/m1/s1. The summed E-state index contributed by atoms with van der Waals surface area (Å²) in [6, 6.07) is 0. The van der Waals surface area contributed by atoms with Gasteiger partial charge in [0.25, 0.3) is 0 Å². The summed E-state index contributed by atoms with van der Waals surface area (Å²) in [5, 5.41) is 10.6. The molecular weight excluding hydrogens is 1230 g/mol. The highest BCUT2D eigenvalue weighted by molar-refractivity contribution is 7.47. The van der Waals surface area contributed by atoms with Crippen LogP contribution in [-0.2, 0) is 65.4 Å². The summed E-state index contributed by atoms with van der Waals surface area (Å²) < 4.78 is 68.4. The Labute approximate surface area is 573 Å². The first-order valence-electron chi connectivity index (χ1n) is 38.5. The quantitative estimate of drug-likeness (QED) is 0.0169. The number of carbonyl (C=O) groups is 4. The Morgan fingerprint density at radius 3 is 0.872 bits per heavy atom. The van der Waals surface area contributed by atoms with Gasteiger partial charge in [-0.05, 0) is 57.3 Å². The summed E-state index contributed by atoms with van der Waals surface area (Å²) in [6.45, 7) is 7.14. The van der Waals surface area contributed by atoms with E-state index in [-0.39, 0.29) is 25.7 Å². The van der Waals surface area contributed by atoms with Crippen LogP contribution in [0.1, 0.15) is 369 Å². The predicted octanol–water partition coefficient (Wildman–Crippen LogP) is 21.6. The Morgan fingerprint density at radius 2 is 0.574 bits per heavy atom. The number of rotatable bonds is 73. The number of ether oxygens (including phenoxy) is 4. The maximum absolute atomic E-state index is 13.1.